The highest BCUT2D eigenvalue weighted by molar-refractivity contribution is 7.51. The van der Waals surface area contributed by atoms with Crippen molar-refractivity contribution in [3.8, 4) is 0 Å². The molecule has 0 aromatic carbocycles. The molecule has 1 N–H and O–H groups in total. The van der Waals surface area contributed by atoms with Crippen LogP contribution in [0.5, 0.6) is 0 Å². The molecule has 0 spiro atoms. The minimum Gasteiger partial charge on any atom is -0.379 e. The molecule has 2 aliphatic heterocycles. The summed E-state index contributed by atoms with van der Waals surface area (Å²) in [5.74, 6) is 0.398. The van der Waals surface area contributed by atoms with Gasteiger partial charge >= 0.3 is 7.75 Å². The maximum atomic E-state index is 12.8. The van der Waals surface area contributed by atoms with E-state index in [1.54, 1.807) is 14.0 Å². The topological polar surface area (TPSA) is 114 Å². The van der Waals surface area contributed by atoms with Gasteiger partial charge in [-0.25, -0.2) is 18.6 Å². The Kier molecular flexibility index (Phi) is 11.7. The van der Waals surface area contributed by atoms with Crippen LogP contribution >= 0.6 is 16.3 Å². The minimum absolute atomic E-state index is 0.0188. The Morgan fingerprint density at radius 3 is 2.49 bits per heavy atom. The van der Waals surface area contributed by atoms with Gasteiger partial charge in [-0.2, -0.15) is 0 Å². The average Bonchev–Trinajstić information content (AvgIpc) is 3.53. The predicted molar refractivity (Wildman–Crippen MR) is 150 cm³/mol. The quantitative estimate of drug-likeness (QED) is 0.259. The Bertz CT molecular complexity index is 893. The van der Waals surface area contributed by atoms with Crippen molar-refractivity contribution < 1.29 is 37.2 Å². The van der Waals surface area contributed by atoms with Gasteiger partial charge in [0.15, 0.2) is 0 Å². The van der Waals surface area contributed by atoms with Gasteiger partial charge < -0.3 is 28.2 Å². The molecule has 0 bridgehead atoms. The second kappa shape index (κ2) is 13.9. The molecule has 1 aromatic rings. The van der Waals surface area contributed by atoms with Gasteiger partial charge in [-0.05, 0) is 47.5 Å². The number of hydrogen-bond acceptors (Lipinski definition) is 9. The number of ether oxygens (including phenoxy) is 3. The van der Waals surface area contributed by atoms with Gasteiger partial charge in [-0.15, -0.1) is 0 Å². The van der Waals surface area contributed by atoms with Crippen LogP contribution in [0.3, 0.4) is 0 Å². The van der Waals surface area contributed by atoms with Crippen molar-refractivity contribution in [3.63, 3.8) is 0 Å². The first-order valence-electron chi connectivity index (χ1n) is 13.2. The standard InChI is InChI=1S/C21H42B3N3O8P2/c1-13(2)27(14(3)4)36(31-11-18-16(30-6)10-21(24-23)34-18)35-17-9-20(22)33-19(17)12-32-37(28,29)26-8-7-25-15(26)5/h7-8,13-14,16-21,24H,9-12,22-23H2,1-6H3,(H,28,29). The number of aromatic nitrogens is 2. The summed E-state index contributed by atoms with van der Waals surface area (Å²) in [6.07, 6.45) is 3.30. The van der Waals surface area contributed by atoms with Gasteiger partial charge in [0.2, 0.25) is 0 Å². The third kappa shape index (κ3) is 8.13. The normalized spacial score (nSPS) is 30.9. The van der Waals surface area contributed by atoms with E-state index in [0.29, 0.717) is 18.9 Å². The number of rotatable bonds is 14. The molecule has 3 rings (SSSR count). The van der Waals surface area contributed by atoms with Gasteiger partial charge in [0.25, 0.3) is 8.53 Å². The third-order valence-electron chi connectivity index (χ3n) is 6.72. The van der Waals surface area contributed by atoms with Crippen LogP contribution in [0.1, 0.15) is 46.4 Å². The van der Waals surface area contributed by atoms with E-state index >= 15 is 0 Å². The molecule has 1 aromatic heterocycles. The second-order valence-electron chi connectivity index (χ2n) is 10.3. The van der Waals surface area contributed by atoms with E-state index in [4.69, 9.17) is 27.8 Å². The molecule has 3 heterocycles. The highest BCUT2D eigenvalue weighted by Crippen LogP contribution is 2.50. The van der Waals surface area contributed by atoms with E-state index in [9.17, 15) is 9.46 Å². The molecular weight excluding hydrogens is 517 g/mol. The highest BCUT2D eigenvalue weighted by atomic mass is 31.2. The predicted octanol–water partition coefficient (Wildman–Crippen LogP) is 0.767. The SMILES string of the molecule is BBC1CC(OC)C(COP(OC2CC(B)OC2COP(=O)(O)n2ccnc2C)N(C(C)C)C(C)C)O1. The Labute approximate surface area is 224 Å². The lowest BCUT2D eigenvalue weighted by Gasteiger charge is -2.38. The first kappa shape index (κ1) is 31.3. The van der Waals surface area contributed by atoms with Gasteiger partial charge in [0.1, 0.15) is 33.0 Å². The minimum atomic E-state index is -4.11. The van der Waals surface area contributed by atoms with Crippen LogP contribution in [0.2, 0.25) is 0 Å². The zero-order valence-electron chi connectivity index (χ0n) is 23.4. The number of imidazole rings is 1. The van der Waals surface area contributed by atoms with Crippen LogP contribution in [0.4, 0.5) is 0 Å². The van der Waals surface area contributed by atoms with Crippen molar-refractivity contribution >= 4 is 39.0 Å². The van der Waals surface area contributed by atoms with Crippen molar-refractivity contribution in [1.29, 1.82) is 0 Å². The van der Waals surface area contributed by atoms with E-state index in [1.165, 1.54) is 12.4 Å². The van der Waals surface area contributed by atoms with E-state index in [2.05, 4.69) is 45.1 Å². The maximum absolute atomic E-state index is 12.8. The maximum Gasteiger partial charge on any atom is 0.437 e. The van der Waals surface area contributed by atoms with Crippen LogP contribution < -0.4 is 0 Å². The number of hydrogen-bond donors (Lipinski definition) is 1. The molecule has 2 saturated heterocycles. The summed E-state index contributed by atoms with van der Waals surface area (Å²) in [5.41, 5.74) is 0. The van der Waals surface area contributed by atoms with Gasteiger partial charge in [0, 0.05) is 43.6 Å². The van der Waals surface area contributed by atoms with Gasteiger partial charge in [0.05, 0.1) is 33.2 Å². The zero-order valence-corrected chi connectivity index (χ0v) is 25.1. The molecule has 2 aliphatic rings. The second-order valence-corrected chi connectivity index (χ2v) is 13.4. The lowest BCUT2D eigenvalue weighted by atomic mass is 9.51. The summed E-state index contributed by atoms with van der Waals surface area (Å²) in [6.45, 7) is 10.4. The molecule has 8 unspecified atom stereocenters. The summed E-state index contributed by atoms with van der Waals surface area (Å²) in [7, 11) is 1.11. The van der Waals surface area contributed by atoms with Crippen molar-refractivity contribution in [2.75, 3.05) is 20.3 Å². The first-order chi connectivity index (χ1) is 17.5. The first-order valence-corrected chi connectivity index (χ1v) is 15.8. The number of nitrogens with zero attached hydrogens (tertiary/aromatic N) is 3. The molecule has 0 saturated carbocycles. The third-order valence-corrected chi connectivity index (χ3v) is 10.3. The van der Waals surface area contributed by atoms with E-state index in [1.807, 2.05) is 7.85 Å². The summed E-state index contributed by atoms with van der Waals surface area (Å²) in [5, 5.41) is 0. The van der Waals surface area contributed by atoms with Crippen molar-refractivity contribution in [2.45, 2.75) is 96.0 Å². The van der Waals surface area contributed by atoms with Gasteiger partial charge in [-0.1, -0.05) is 0 Å². The van der Waals surface area contributed by atoms with E-state index in [-0.39, 0.29) is 49.0 Å². The number of aryl methyl sites for hydroxylation is 1. The molecule has 0 amide bonds. The molecule has 37 heavy (non-hydrogen) atoms. The lowest BCUT2D eigenvalue weighted by Crippen LogP contribution is -2.37. The van der Waals surface area contributed by atoms with Crippen LogP contribution in [0, 0.1) is 6.92 Å². The molecule has 8 atom stereocenters. The Hall–Kier alpha value is -0.255. The molecule has 2 fully saturated rings. The Balaban J connectivity index is 1.71. The van der Waals surface area contributed by atoms with Gasteiger partial charge in [-0.3, -0.25) is 4.52 Å². The molecular formula is C21H42B3N3O8P2. The smallest absolute Gasteiger partial charge is 0.379 e. The van der Waals surface area contributed by atoms with E-state index in [0.717, 1.165) is 17.9 Å². The summed E-state index contributed by atoms with van der Waals surface area (Å²) >= 11 is 0. The zero-order chi connectivity index (χ0) is 27.3. The number of methoxy groups -OCH3 is 1. The summed E-state index contributed by atoms with van der Waals surface area (Å²) in [4.78, 5) is 14.5. The van der Waals surface area contributed by atoms with Crippen molar-refractivity contribution in [2.24, 2.45) is 0 Å². The fraction of sp³-hybridized carbons (Fsp3) is 0.857. The van der Waals surface area contributed by atoms with E-state index < -0.39 is 22.4 Å². The summed E-state index contributed by atoms with van der Waals surface area (Å²) in [6, 6.07) is 0.425. The lowest BCUT2D eigenvalue weighted by molar-refractivity contribution is -0.0253. The molecule has 11 nitrogen and oxygen atoms in total. The molecule has 208 valence electrons. The Morgan fingerprint density at radius 2 is 1.92 bits per heavy atom. The summed E-state index contributed by atoms with van der Waals surface area (Å²) < 4.78 is 52.6. The highest BCUT2D eigenvalue weighted by Gasteiger charge is 2.42. The van der Waals surface area contributed by atoms with Crippen LogP contribution in [-0.2, 0) is 32.3 Å². The van der Waals surface area contributed by atoms with Crippen molar-refractivity contribution in [3.05, 3.63) is 18.2 Å². The molecule has 0 radical (unpaired) electrons. The van der Waals surface area contributed by atoms with Crippen molar-refractivity contribution in [1.82, 2.24) is 14.0 Å². The largest absolute Gasteiger partial charge is 0.437 e. The molecule has 16 heteroatoms. The van der Waals surface area contributed by atoms with Crippen LogP contribution in [-0.4, -0.2) is 110 Å². The van der Waals surface area contributed by atoms with Crippen LogP contribution in [0.25, 0.3) is 0 Å². The monoisotopic (exact) mass is 559 g/mol. The molecule has 0 aliphatic carbocycles. The fourth-order valence-electron chi connectivity index (χ4n) is 4.89. The van der Waals surface area contributed by atoms with Crippen LogP contribution in [0.15, 0.2) is 12.4 Å². The average molecular weight is 559 g/mol. The fourth-order valence-corrected chi connectivity index (χ4v) is 7.78. The Morgan fingerprint density at radius 1 is 1.24 bits per heavy atom.